The fourth-order valence-corrected chi connectivity index (χ4v) is 14.3. The Bertz CT molecular complexity index is 2360. The molecular weight excluding hydrogens is 839 g/mol. The van der Waals surface area contributed by atoms with Crippen molar-refractivity contribution >= 4 is 64.6 Å². The molecule has 7 rings (SSSR count). The molecule has 4 aromatic carbocycles. The van der Waals surface area contributed by atoms with Gasteiger partial charge in [0.15, 0.2) is 0 Å². The van der Waals surface area contributed by atoms with Crippen LogP contribution in [0, 0.1) is 13.8 Å². The molecule has 0 fully saturated rings. The third kappa shape index (κ3) is 9.49. The zero-order valence-corrected chi connectivity index (χ0v) is 38.4. The summed E-state index contributed by atoms with van der Waals surface area (Å²) in [7, 11) is 0. The van der Waals surface area contributed by atoms with Crippen LogP contribution in [0.2, 0.25) is 0 Å². The molecule has 302 valence electrons. The van der Waals surface area contributed by atoms with Crippen molar-refractivity contribution in [2.75, 3.05) is 0 Å². The number of allylic oxidation sites excluding steroid dienone is 1. The average Bonchev–Trinajstić information content (AvgIpc) is 3.81. The van der Waals surface area contributed by atoms with Gasteiger partial charge in [-0.25, -0.2) is 0 Å². The van der Waals surface area contributed by atoms with Gasteiger partial charge in [-0.3, -0.25) is 0 Å². The van der Waals surface area contributed by atoms with Gasteiger partial charge in [-0.2, -0.15) is 0 Å². The van der Waals surface area contributed by atoms with Crippen LogP contribution in [0.25, 0.3) is 56.8 Å². The van der Waals surface area contributed by atoms with E-state index in [0.717, 1.165) is 40.7 Å². The summed E-state index contributed by atoms with van der Waals surface area (Å²) in [5, 5.41) is 5.56. The number of rotatable bonds is 19. The summed E-state index contributed by atoms with van der Waals surface area (Å²) in [4.78, 5) is 0. The van der Waals surface area contributed by atoms with Crippen LogP contribution in [0.15, 0.2) is 66.2 Å². The van der Waals surface area contributed by atoms with Crippen LogP contribution in [0.3, 0.4) is 0 Å². The topological polar surface area (TPSA) is 0 Å². The van der Waals surface area contributed by atoms with E-state index in [1.54, 1.807) is 10.0 Å². The van der Waals surface area contributed by atoms with Gasteiger partial charge in [0.05, 0.1) is 0 Å². The first-order valence-electron chi connectivity index (χ1n) is 22.0. The van der Waals surface area contributed by atoms with E-state index < -0.39 is 11.7 Å². The monoisotopic (exact) mass is 902 g/mol. The molecule has 0 unspecified atom stereocenters. The van der Waals surface area contributed by atoms with Crippen LogP contribution >= 0.6 is 0 Å². The minimum atomic E-state index is -4.40. The quantitative estimate of drug-likeness (QED) is 0.0560. The van der Waals surface area contributed by atoms with E-state index in [0.29, 0.717) is 25.6 Å². The first-order chi connectivity index (χ1) is 27.6. The number of benzene rings is 4. The fourth-order valence-electron chi connectivity index (χ4n) is 9.24. The molecule has 5 heteroatoms. The van der Waals surface area contributed by atoms with Gasteiger partial charge < -0.3 is 0 Å². The van der Waals surface area contributed by atoms with Gasteiger partial charge in [0.25, 0.3) is 0 Å². The summed E-state index contributed by atoms with van der Waals surface area (Å²) in [5.41, 5.74) is 8.19. The molecule has 2 heterocycles. The second-order valence-electron chi connectivity index (χ2n) is 16.8. The standard InChI is InChI=1S/C52H61F3Se2/c1-6-8-10-12-14-16-18-20-22-40-36(5)56-48-32-39-31-45-43(23-21-19-17-15-13-11-9-7-2)51(57-49(45)33-38(39)30-44(40)48)37-25-27-42-41-26-24-34(3)28-46(41)50(47(42)29-37)35(4)52(53,54)55/h24-33H,6-23H2,1-5H3/b50-35-. The Hall–Kier alpha value is -2.81. The molecule has 0 spiro atoms. The Balaban J connectivity index is 1.24. The molecule has 0 nitrogen and oxygen atoms in total. The first-order valence-corrected chi connectivity index (χ1v) is 25.5. The van der Waals surface area contributed by atoms with Crippen LogP contribution in [0.1, 0.15) is 156 Å². The Morgan fingerprint density at radius 1 is 0.526 bits per heavy atom. The number of hydrogen-bond donors (Lipinski definition) is 0. The maximum atomic E-state index is 14.5. The van der Waals surface area contributed by atoms with Crippen molar-refractivity contribution in [3.8, 4) is 21.1 Å². The Labute approximate surface area is 351 Å². The van der Waals surface area contributed by atoms with Gasteiger partial charge in [-0.1, -0.05) is 0 Å². The molecule has 0 saturated heterocycles. The molecule has 0 bridgehead atoms. The maximum absolute atomic E-state index is 14.5. The molecule has 6 aromatic rings. The van der Waals surface area contributed by atoms with E-state index >= 15 is 0 Å². The Morgan fingerprint density at radius 3 is 1.60 bits per heavy atom. The van der Waals surface area contributed by atoms with E-state index in [9.17, 15) is 13.2 Å². The second kappa shape index (κ2) is 19.1. The molecule has 0 saturated carbocycles. The van der Waals surface area contributed by atoms with E-state index in [1.165, 1.54) is 150 Å². The van der Waals surface area contributed by atoms with Gasteiger partial charge in [0.2, 0.25) is 0 Å². The average molecular weight is 901 g/mol. The molecule has 0 amide bonds. The van der Waals surface area contributed by atoms with Crippen molar-refractivity contribution in [3.05, 3.63) is 98.5 Å². The van der Waals surface area contributed by atoms with Crippen molar-refractivity contribution in [2.45, 2.75) is 156 Å². The SMILES string of the molecule is CCCCCCCCCCc1c(C)[se]c2cc3cc4c(CCCCCCCCCC)c(-c5ccc6c(c5)/C(=C(/C)C(F)(F)F)c5cc(C)ccc5-6)[se]c4cc3cc12. The number of halogens is 3. The van der Waals surface area contributed by atoms with Gasteiger partial charge in [0.1, 0.15) is 0 Å². The third-order valence-electron chi connectivity index (χ3n) is 12.5. The van der Waals surface area contributed by atoms with Crippen LogP contribution in [0.5, 0.6) is 0 Å². The molecule has 57 heavy (non-hydrogen) atoms. The molecule has 0 radical (unpaired) electrons. The molecule has 2 aromatic heterocycles. The zero-order chi connectivity index (χ0) is 40.1. The number of alkyl halides is 3. The Kier molecular flexibility index (Phi) is 14.1. The molecule has 1 aliphatic rings. The second-order valence-corrected chi connectivity index (χ2v) is 21.7. The van der Waals surface area contributed by atoms with E-state index in [-0.39, 0.29) is 14.5 Å². The van der Waals surface area contributed by atoms with Crippen molar-refractivity contribution in [2.24, 2.45) is 0 Å². The Morgan fingerprint density at radius 2 is 1.02 bits per heavy atom. The predicted molar refractivity (Wildman–Crippen MR) is 244 cm³/mol. The van der Waals surface area contributed by atoms with Gasteiger partial charge in [-0.05, 0) is 0 Å². The minimum absolute atomic E-state index is 0.0624. The molecule has 0 aliphatic heterocycles. The number of unbranched alkanes of at least 4 members (excludes halogenated alkanes) is 14. The zero-order valence-electron chi connectivity index (χ0n) is 35.0. The van der Waals surface area contributed by atoms with Gasteiger partial charge >= 0.3 is 354 Å². The van der Waals surface area contributed by atoms with Crippen LogP contribution < -0.4 is 0 Å². The molecule has 0 atom stereocenters. The number of fused-ring (bicyclic) bond motifs is 6. The summed E-state index contributed by atoms with van der Waals surface area (Å²) in [6, 6.07) is 22.3. The van der Waals surface area contributed by atoms with Crippen LogP contribution in [-0.2, 0) is 12.8 Å². The van der Waals surface area contributed by atoms with Gasteiger partial charge in [-0.15, -0.1) is 0 Å². The van der Waals surface area contributed by atoms with E-state index in [4.69, 9.17) is 0 Å². The summed E-state index contributed by atoms with van der Waals surface area (Å²) in [5.74, 6) is 0. The normalized spacial score (nSPS) is 13.7. The van der Waals surface area contributed by atoms with Crippen LogP contribution in [0.4, 0.5) is 13.2 Å². The first kappa shape index (κ1) is 42.3. The summed E-state index contributed by atoms with van der Waals surface area (Å²) < 4.78 is 49.3. The molecule has 1 aliphatic carbocycles. The molecular formula is C52H61F3Se2. The van der Waals surface area contributed by atoms with Crippen molar-refractivity contribution in [1.82, 2.24) is 0 Å². The van der Waals surface area contributed by atoms with Crippen molar-refractivity contribution < 1.29 is 13.2 Å². The summed E-state index contributed by atoms with van der Waals surface area (Å²) in [6.45, 7) is 10.2. The van der Waals surface area contributed by atoms with Gasteiger partial charge in [0, 0.05) is 0 Å². The van der Waals surface area contributed by atoms with Crippen molar-refractivity contribution in [3.63, 3.8) is 0 Å². The fraction of sp³-hybridized carbons (Fsp3) is 0.462. The third-order valence-corrected chi connectivity index (χ3v) is 17.4. The summed E-state index contributed by atoms with van der Waals surface area (Å²) >= 11 is 0.441. The summed E-state index contributed by atoms with van der Waals surface area (Å²) in [6.07, 6.45) is 18.8. The number of aryl methyl sites for hydroxylation is 4. The van der Waals surface area contributed by atoms with E-state index in [2.05, 4.69) is 63.2 Å². The predicted octanol–water partition coefficient (Wildman–Crippen LogP) is 16.3. The van der Waals surface area contributed by atoms with E-state index in [1.807, 2.05) is 25.1 Å². The van der Waals surface area contributed by atoms with Crippen molar-refractivity contribution in [1.29, 1.82) is 0 Å². The molecule has 0 N–H and O–H groups in total. The number of hydrogen-bond acceptors (Lipinski definition) is 0. The van der Waals surface area contributed by atoms with Crippen LogP contribution in [-0.4, -0.2) is 35.2 Å².